The lowest BCUT2D eigenvalue weighted by Gasteiger charge is -2.49. The van der Waals surface area contributed by atoms with Crippen LogP contribution >= 0.6 is 0 Å². The highest BCUT2D eigenvalue weighted by molar-refractivity contribution is 6.81. The summed E-state index contributed by atoms with van der Waals surface area (Å²) < 4.78 is 18.5. The topological polar surface area (TPSA) is 85.2 Å². The van der Waals surface area contributed by atoms with Gasteiger partial charge in [0, 0.05) is 6.08 Å². The fraction of sp³-hybridized carbons (Fsp3) is 0.812. The van der Waals surface area contributed by atoms with Crippen molar-refractivity contribution in [1.82, 2.24) is 0 Å². The third-order valence-electron chi connectivity index (χ3n) is 3.59. The maximum absolute atomic E-state index is 12.1. The molecule has 25 heavy (non-hydrogen) atoms. The predicted octanol–water partition coefficient (Wildman–Crippen LogP) is 2.46. The number of ether oxygens (including phenoxy) is 1. The van der Waals surface area contributed by atoms with Crippen molar-refractivity contribution in [3.63, 3.8) is 0 Å². The highest BCUT2D eigenvalue weighted by atomic mass is 28.4. The highest BCUT2D eigenvalue weighted by Crippen LogP contribution is 2.37. The van der Waals surface area contributed by atoms with E-state index in [4.69, 9.17) is 13.0 Å². The number of esters is 1. The summed E-state index contributed by atoms with van der Waals surface area (Å²) in [6.45, 7) is 18.5. The summed E-state index contributed by atoms with van der Waals surface area (Å²) in [5.74, 6) is -0.655. The summed E-state index contributed by atoms with van der Waals surface area (Å²) >= 11 is 0. The van der Waals surface area contributed by atoms with Crippen LogP contribution in [-0.2, 0) is 17.8 Å². The van der Waals surface area contributed by atoms with Crippen molar-refractivity contribution < 1.29 is 28.0 Å². The number of hydrogen-bond acceptors (Lipinski definition) is 6. The van der Waals surface area contributed by atoms with Crippen molar-refractivity contribution in [1.29, 1.82) is 0 Å². The SMILES string of the molecule is C=CC(=O)OC(CCC)([SiH](O[Si](C)(C)C)O[Si](C)(C)C)C(C)(O)CO. The third kappa shape index (κ3) is 7.45. The number of carbonyl (C=O) groups excluding carboxylic acids is 1. The van der Waals surface area contributed by atoms with Gasteiger partial charge in [-0.1, -0.05) is 19.9 Å². The zero-order valence-electron chi connectivity index (χ0n) is 17.0. The van der Waals surface area contributed by atoms with Crippen LogP contribution in [0.1, 0.15) is 26.7 Å². The van der Waals surface area contributed by atoms with E-state index in [-0.39, 0.29) is 0 Å². The minimum absolute atomic E-state index is 0.339. The van der Waals surface area contributed by atoms with Crippen molar-refractivity contribution in [2.45, 2.75) is 76.8 Å². The smallest absolute Gasteiger partial charge is 0.349 e. The third-order valence-corrected chi connectivity index (χ3v) is 12.8. The predicted molar refractivity (Wildman–Crippen MR) is 108 cm³/mol. The summed E-state index contributed by atoms with van der Waals surface area (Å²) in [5.41, 5.74) is -1.68. The normalized spacial score (nSPS) is 17.7. The Morgan fingerprint density at radius 3 is 1.88 bits per heavy atom. The summed E-state index contributed by atoms with van der Waals surface area (Å²) in [6.07, 6.45) is 2.03. The second kappa shape index (κ2) is 9.07. The number of aliphatic hydroxyl groups is 2. The number of aliphatic hydroxyl groups excluding tert-OH is 1. The first-order valence-electron chi connectivity index (χ1n) is 8.68. The molecule has 0 saturated heterocycles. The monoisotopic (exact) mass is 408 g/mol. The Labute approximate surface area is 156 Å². The molecule has 2 unspecified atom stereocenters. The molecule has 0 aliphatic rings. The molecule has 2 N–H and O–H groups in total. The largest absolute Gasteiger partial charge is 0.451 e. The van der Waals surface area contributed by atoms with Gasteiger partial charge in [-0.15, -0.1) is 0 Å². The lowest BCUT2D eigenvalue weighted by atomic mass is 9.95. The minimum Gasteiger partial charge on any atom is -0.451 e. The standard InChI is InChI=1S/C16H36O6Si3/c1-10-12-16(15(3,19)13-17,20-14(18)11-2)23(21-24(4,5)6)22-25(7,8)9/h11,17,19,23H,2,10,12-13H2,1,3-9H3. The van der Waals surface area contributed by atoms with Crippen LogP contribution in [-0.4, -0.2) is 59.5 Å². The molecule has 0 rings (SSSR count). The fourth-order valence-corrected chi connectivity index (χ4v) is 11.1. The van der Waals surface area contributed by atoms with E-state index in [2.05, 4.69) is 6.58 Å². The van der Waals surface area contributed by atoms with Crippen LogP contribution in [0.3, 0.4) is 0 Å². The minimum atomic E-state index is -2.74. The average molecular weight is 409 g/mol. The van der Waals surface area contributed by atoms with Crippen LogP contribution in [0.4, 0.5) is 0 Å². The average Bonchev–Trinajstić information content (AvgIpc) is 2.42. The Hall–Kier alpha value is -0.299. The van der Waals surface area contributed by atoms with Gasteiger partial charge < -0.3 is 23.2 Å². The van der Waals surface area contributed by atoms with Crippen molar-refractivity contribution >= 4 is 31.9 Å². The molecule has 0 aromatic rings. The zero-order valence-corrected chi connectivity index (χ0v) is 20.2. The van der Waals surface area contributed by atoms with E-state index >= 15 is 0 Å². The van der Waals surface area contributed by atoms with Crippen molar-refractivity contribution in [3.8, 4) is 0 Å². The van der Waals surface area contributed by atoms with Gasteiger partial charge in [0.2, 0.25) is 0 Å². The van der Waals surface area contributed by atoms with Crippen LogP contribution in [0.2, 0.25) is 39.3 Å². The molecule has 0 saturated carbocycles. The summed E-state index contributed by atoms with van der Waals surface area (Å²) in [6, 6.07) is 0. The molecule has 0 amide bonds. The molecule has 0 aromatic heterocycles. The van der Waals surface area contributed by atoms with Gasteiger partial charge in [-0.05, 0) is 52.6 Å². The van der Waals surface area contributed by atoms with Gasteiger partial charge in [0.15, 0.2) is 21.9 Å². The van der Waals surface area contributed by atoms with Gasteiger partial charge in [0.1, 0.15) is 5.60 Å². The summed E-state index contributed by atoms with van der Waals surface area (Å²) in [7, 11) is -6.87. The van der Waals surface area contributed by atoms with E-state index in [1.807, 2.05) is 46.2 Å². The second-order valence-electron chi connectivity index (χ2n) is 8.49. The Kier molecular flexibility index (Phi) is 8.96. The number of rotatable bonds is 11. The first-order valence-corrected chi connectivity index (χ1v) is 17.0. The highest BCUT2D eigenvalue weighted by Gasteiger charge is 2.60. The molecule has 0 aliphatic carbocycles. The number of carbonyl (C=O) groups is 1. The van der Waals surface area contributed by atoms with Crippen LogP contribution in [0, 0.1) is 0 Å². The molecule has 6 nitrogen and oxygen atoms in total. The van der Waals surface area contributed by atoms with E-state index < -0.39 is 49.3 Å². The first-order chi connectivity index (χ1) is 11.1. The van der Waals surface area contributed by atoms with Gasteiger partial charge in [-0.2, -0.15) is 0 Å². The lowest BCUT2D eigenvalue weighted by Crippen LogP contribution is -2.70. The van der Waals surface area contributed by atoms with E-state index in [9.17, 15) is 15.0 Å². The Bertz CT molecular complexity index is 440. The first kappa shape index (κ1) is 24.7. The molecule has 0 heterocycles. The summed E-state index contributed by atoms with van der Waals surface area (Å²) in [4.78, 5) is 12.1. The van der Waals surface area contributed by atoms with Crippen LogP contribution in [0.5, 0.6) is 0 Å². The van der Waals surface area contributed by atoms with Crippen LogP contribution in [0.25, 0.3) is 0 Å². The van der Waals surface area contributed by atoms with Crippen LogP contribution in [0.15, 0.2) is 12.7 Å². The van der Waals surface area contributed by atoms with Crippen molar-refractivity contribution in [2.75, 3.05) is 6.61 Å². The zero-order chi connectivity index (χ0) is 20.1. The molecule has 2 atom stereocenters. The van der Waals surface area contributed by atoms with Crippen molar-refractivity contribution in [2.24, 2.45) is 0 Å². The molecule has 0 spiro atoms. The number of hydrogen-bond donors (Lipinski definition) is 2. The van der Waals surface area contributed by atoms with Gasteiger partial charge in [0.05, 0.1) is 6.61 Å². The van der Waals surface area contributed by atoms with E-state index in [0.717, 1.165) is 6.08 Å². The molecule has 9 heteroatoms. The molecular formula is C16H36O6Si3. The van der Waals surface area contributed by atoms with Crippen LogP contribution < -0.4 is 0 Å². The molecule has 0 radical (unpaired) electrons. The molecular weight excluding hydrogens is 372 g/mol. The van der Waals surface area contributed by atoms with E-state index in [1.54, 1.807) is 0 Å². The lowest BCUT2D eigenvalue weighted by molar-refractivity contribution is -0.181. The molecule has 0 bridgehead atoms. The quantitative estimate of drug-likeness (QED) is 0.310. The second-order valence-corrected chi connectivity index (χ2v) is 20.4. The Morgan fingerprint density at radius 2 is 1.60 bits per heavy atom. The molecule has 0 aliphatic heterocycles. The van der Waals surface area contributed by atoms with Gasteiger partial charge in [-0.25, -0.2) is 4.79 Å². The van der Waals surface area contributed by atoms with Crippen molar-refractivity contribution in [3.05, 3.63) is 12.7 Å². The van der Waals surface area contributed by atoms with Gasteiger partial charge >= 0.3 is 15.3 Å². The van der Waals surface area contributed by atoms with E-state index in [1.165, 1.54) is 6.92 Å². The fourth-order valence-electron chi connectivity index (χ4n) is 2.43. The molecule has 0 aromatic carbocycles. The maximum atomic E-state index is 12.1. The maximum Gasteiger partial charge on any atom is 0.349 e. The Morgan fingerprint density at radius 1 is 1.16 bits per heavy atom. The summed E-state index contributed by atoms with van der Waals surface area (Å²) in [5, 5.41) is 19.5. The van der Waals surface area contributed by atoms with E-state index in [0.29, 0.717) is 12.8 Å². The van der Waals surface area contributed by atoms with Gasteiger partial charge in [0.25, 0.3) is 0 Å². The molecule has 0 fully saturated rings. The Balaban J connectivity index is 6.36. The van der Waals surface area contributed by atoms with Gasteiger partial charge in [-0.3, -0.25) is 0 Å². The molecule has 148 valence electrons.